The average molecular weight is 1000 g/mol. The fourth-order valence-electron chi connectivity index (χ4n) is 5.78. The molecule has 4 aromatic rings. The van der Waals surface area contributed by atoms with Gasteiger partial charge in [0, 0.05) is 42.0 Å². The minimum Gasteiger partial charge on any atom is -0.458 e. The van der Waals surface area contributed by atoms with Crippen LogP contribution in [0.5, 0.6) is 11.5 Å². The average Bonchev–Trinajstić information content (AvgIpc) is 3.82. The van der Waals surface area contributed by atoms with Crippen LogP contribution in [0, 0.1) is 5.92 Å². The minimum absolute atomic E-state index is 0.0672. The maximum absolute atomic E-state index is 13.4. The zero-order valence-electron chi connectivity index (χ0n) is 38.2. The van der Waals surface area contributed by atoms with E-state index in [0.29, 0.717) is 16.3 Å². The highest BCUT2D eigenvalue weighted by Gasteiger charge is 2.22. The van der Waals surface area contributed by atoms with E-state index in [1.807, 2.05) is 24.3 Å². The molecule has 72 heavy (non-hydrogen) atoms. The Morgan fingerprint density at radius 1 is 0.694 bits per heavy atom. The fraction of sp³-hybridized carbons (Fsp3) is 0.154. The van der Waals surface area contributed by atoms with Crippen LogP contribution in [0.1, 0.15) is 27.9 Å². The normalized spacial score (nSPS) is 13.7. The molecule has 370 valence electrons. The van der Waals surface area contributed by atoms with Gasteiger partial charge in [-0.15, -0.1) is 0 Å². The Morgan fingerprint density at radius 3 is 1.85 bits per heavy atom. The van der Waals surface area contributed by atoms with Crippen molar-refractivity contribution in [2.24, 2.45) is 11.0 Å². The first-order valence-electron chi connectivity index (χ1n) is 21.4. The second-order valence-electron chi connectivity index (χ2n) is 14.5. The molecule has 0 radical (unpaired) electrons. The van der Waals surface area contributed by atoms with E-state index < -0.39 is 79.1 Å². The van der Waals surface area contributed by atoms with Crippen LogP contribution in [0.4, 0.5) is 5.13 Å². The number of carbonyl (C=O) groups excluding carboxylic acids is 8. The fourth-order valence-corrected chi connectivity index (χ4v) is 6.59. The number of nitrogens with zero attached hydrogens (tertiary/aromatic N) is 2. The summed E-state index contributed by atoms with van der Waals surface area (Å²) >= 11 is 1.37. The molecule has 0 saturated heterocycles. The number of para-hydroxylation sites is 1. The number of rotatable bonds is 25. The largest absolute Gasteiger partial charge is 0.458 e. The van der Waals surface area contributed by atoms with E-state index in [1.165, 1.54) is 60.0 Å². The summed E-state index contributed by atoms with van der Waals surface area (Å²) in [6.45, 7) is 11.6. The predicted octanol–water partition coefficient (Wildman–Crippen LogP) is 6.68. The Hall–Kier alpha value is -9.30. The third-order valence-electron chi connectivity index (χ3n) is 9.34. The Kier molecular flexibility index (Phi) is 20.6. The summed E-state index contributed by atoms with van der Waals surface area (Å²) < 4.78 is 42.6. The lowest BCUT2D eigenvalue weighted by Crippen LogP contribution is -2.29. The Labute approximate surface area is 415 Å². The first kappa shape index (κ1) is 53.7. The SMILES string of the molecule is C=CC(=O)OCC(COC(=O)/C=C/C1=CCC(C(=O)Oc2ccc(OC(=O)c3ccc(/C=C/C(=O)OCC(COC(=O)C=C)OC(=O)C=C)cc3)c(/C=N/Nc3nc4ccccc4s3)c2)C=C1)OC(=O)C=C. The quantitative estimate of drug-likeness (QED) is 0.0182. The summed E-state index contributed by atoms with van der Waals surface area (Å²) in [4.78, 5) is 102. The number of thiazole rings is 1. The van der Waals surface area contributed by atoms with Crippen LogP contribution in [-0.4, -0.2) is 97.6 Å². The lowest BCUT2D eigenvalue weighted by molar-refractivity contribution is -0.160. The van der Waals surface area contributed by atoms with E-state index in [1.54, 1.807) is 30.4 Å². The number of nitrogens with one attached hydrogen (secondary N) is 1. The summed E-state index contributed by atoms with van der Waals surface area (Å²) in [5, 5.41) is 4.79. The first-order valence-corrected chi connectivity index (χ1v) is 22.2. The Bertz CT molecular complexity index is 2840. The molecule has 1 aromatic heterocycles. The van der Waals surface area contributed by atoms with Gasteiger partial charge in [0.05, 0.1) is 27.9 Å². The number of carbonyl (C=O) groups is 8. The lowest BCUT2D eigenvalue weighted by atomic mass is 9.96. The van der Waals surface area contributed by atoms with Crippen LogP contribution in [0.3, 0.4) is 0 Å². The molecular formula is C52H45N3O16S. The van der Waals surface area contributed by atoms with Crippen LogP contribution in [-0.2, 0) is 62.0 Å². The van der Waals surface area contributed by atoms with Crippen molar-refractivity contribution >= 4 is 86.7 Å². The number of aromatic nitrogens is 1. The number of ether oxygens (including phenoxy) is 8. The molecule has 0 aliphatic heterocycles. The number of anilines is 1. The van der Waals surface area contributed by atoms with Gasteiger partial charge in [0.25, 0.3) is 0 Å². The molecule has 0 bridgehead atoms. The van der Waals surface area contributed by atoms with Gasteiger partial charge in [-0.1, -0.05) is 80.1 Å². The maximum Gasteiger partial charge on any atom is 0.343 e. The molecule has 20 heteroatoms. The predicted molar refractivity (Wildman–Crippen MR) is 262 cm³/mol. The van der Waals surface area contributed by atoms with Gasteiger partial charge in [0.2, 0.25) is 5.13 Å². The van der Waals surface area contributed by atoms with Gasteiger partial charge in [-0.3, -0.25) is 10.2 Å². The second-order valence-corrected chi connectivity index (χ2v) is 15.5. The molecule has 0 amide bonds. The zero-order chi connectivity index (χ0) is 51.8. The van der Waals surface area contributed by atoms with Gasteiger partial charge in [0.15, 0.2) is 12.2 Å². The summed E-state index contributed by atoms with van der Waals surface area (Å²) in [5.41, 5.74) is 5.14. The minimum atomic E-state index is -1.10. The van der Waals surface area contributed by atoms with E-state index in [0.717, 1.165) is 46.7 Å². The van der Waals surface area contributed by atoms with Crippen molar-refractivity contribution in [3.63, 3.8) is 0 Å². The molecule has 1 aliphatic rings. The molecule has 1 heterocycles. The molecule has 0 spiro atoms. The van der Waals surface area contributed by atoms with Crippen LogP contribution < -0.4 is 14.9 Å². The number of fused-ring (bicyclic) bond motifs is 1. The van der Waals surface area contributed by atoms with Crippen molar-refractivity contribution in [1.29, 1.82) is 0 Å². The smallest absolute Gasteiger partial charge is 0.343 e. The Morgan fingerprint density at radius 2 is 1.28 bits per heavy atom. The molecule has 1 aliphatic carbocycles. The number of hydrogen-bond donors (Lipinski definition) is 1. The van der Waals surface area contributed by atoms with Crippen molar-refractivity contribution in [3.05, 3.63) is 176 Å². The zero-order valence-corrected chi connectivity index (χ0v) is 39.0. The van der Waals surface area contributed by atoms with E-state index in [9.17, 15) is 38.4 Å². The first-order chi connectivity index (χ1) is 34.7. The highest BCUT2D eigenvalue weighted by atomic mass is 32.1. The number of esters is 8. The second kappa shape index (κ2) is 27.6. The molecule has 1 N–H and O–H groups in total. The van der Waals surface area contributed by atoms with Crippen LogP contribution in [0.15, 0.2) is 164 Å². The van der Waals surface area contributed by atoms with E-state index in [-0.39, 0.29) is 42.3 Å². The molecule has 3 aromatic carbocycles. The third-order valence-corrected chi connectivity index (χ3v) is 10.3. The molecule has 5 rings (SSSR count). The molecule has 0 saturated carbocycles. The molecule has 3 atom stereocenters. The Balaban J connectivity index is 1.20. The summed E-state index contributed by atoms with van der Waals surface area (Å²) in [6.07, 6.45) is 13.1. The number of allylic oxidation sites excluding steroid dienone is 4. The van der Waals surface area contributed by atoms with Gasteiger partial charge in [-0.25, -0.2) is 38.5 Å². The summed E-state index contributed by atoms with van der Waals surface area (Å²) in [5.74, 6) is -6.58. The van der Waals surface area contributed by atoms with Gasteiger partial charge in [-0.2, -0.15) is 5.10 Å². The summed E-state index contributed by atoms with van der Waals surface area (Å²) in [6, 6.07) is 17.9. The van der Waals surface area contributed by atoms with Gasteiger partial charge in [0.1, 0.15) is 37.9 Å². The van der Waals surface area contributed by atoms with Gasteiger partial charge >= 0.3 is 47.8 Å². The number of hydrazone groups is 1. The van der Waals surface area contributed by atoms with Gasteiger partial charge < -0.3 is 37.9 Å². The summed E-state index contributed by atoms with van der Waals surface area (Å²) in [7, 11) is 0. The van der Waals surface area contributed by atoms with Crippen LogP contribution in [0.2, 0.25) is 0 Å². The molecule has 0 fully saturated rings. The molecule has 19 nitrogen and oxygen atoms in total. The van der Waals surface area contributed by atoms with Crippen LogP contribution in [0.25, 0.3) is 16.3 Å². The molecular weight excluding hydrogens is 955 g/mol. The van der Waals surface area contributed by atoms with E-state index in [4.69, 9.17) is 37.9 Å². The maximum atomic E-state index is 13.4. The van der Waals surface area contributed by atoms with Crippen molar-refractivity contribution in [2.45, 2.75) is 18.6 Å². The van der Waals surface area contributed by atoms with E-state index >= 15 is 0 Å². The van der Waals surface area contributed by atoms with Crippen molar-refractivity contribution in [3.8, 4) is 11.5 Å². The van der Waals surface area contributed by atoms with E-state index in [2.05, 4.69) is 41.8 Å². The van der Waals surface area contributed by atoms with Crippen molar-refractivity contribution in [1.82, 2.24) is 4.98 Å². The third kappa shape index (κ3) is 17.7. The lowest BCUT2D eigenvalue weighted by Gasteiger charge is -2.16. The number of benzene rings is 3. The van der Waals surface area contributed by atoms with Crippen molar-refractivity contribution < 1.29 is 76.3 Å². The standard InChI is InChI=1S/C52H45N3O16S/c1-5-44(56)64-29-39(68-46(58)7-3)31-66-48(60)25-17-33-13-19-35(20-14-33)50(62)70-38-23-24-42(37(27-38)28-53-55-52-54-41-11-9-10-12-43(41)72-52)71-51(63)36-21-15-34(16-22-36)18-26-49(61)67-32-40(69-47(59)8-4)30-65-45(57)6-2/h5-19,21-28,35,39-40H,1-4,20,29-32H2,(H,54,55)/b25-17+,26-18+,53-28+. The van der Waals surface area contributed by atoms with Crippen molar-refractivity contribution in [2.75, 3.05) is 31.9 Å². The van der Waals surface area contributed by atoms with Crippen LogP contribution >= 0.6 is 11.3 Å². The highest BCUT2D eigenvalue weighted by Crippen LogP contribution is 2.28. The highest BCUT2D eigenvalue weighted by molar-refractivity contribution is 7.22. The molecule has 3 unspecified atom stereocenters. The van der Waals surface area contributed by atoms with Gasteiger partial charge in [-0.05, 0) is 72.2 Å². The topological polar surface area (TPSA) is 248 Å². The monoisotopic (exact) mass is 999 g/mol. The number of hydrogen-bond acceptors (Lipinski definition) is 20.